The van der Waals surface area contributed by atoms with Gasteiger partial charge in [-0.15, -0.1) is 6.58 Å². The minimum Gasteiger partial charge on any atom is -1.00 e. The molecule has 0 amide bonds. The monoisotopic (exact) mass is 1950 g/mol. The molecule has 668 valence electrons. The number of aliphatic hydroxyl groups is 8. The molecule has 3 saturated carbocycles. The van der Waals surface area contributed by atoms with Crippen molar-refractivity contribution in [1.82, 2.24) is 0 Å². The van der Waals surface area contributed by atoms with Gasteiger partial charge in [0.1, 0.15) is 0 Å². The maximum absolute atomic E-state index is 12.2. The zero-order chi connectivity index (χ0) is 86.4. The predicted molar refractivity (Wildman–Crippen MR) is 451 cm³/mol. The second-order valence-electron chi connectivity index (χ2n) is 27.0. The van der Waals surface area contributed by atoms with Gasteiger partial charge >= 0.3 is 127 Å². The van der Waals surface area contributed by atoms with Crippen LogP contribution in [0, 0.1) is 29.1 Å². The van der Waals surface area contributed by atoms with Gasteiger partial charge < -0.3 is 73.4 Å². The SMILES string of the molecule is C.C.C.C1CCOC1.C=CC1CCCCC1O.CCOC(=O)C(F)(F)F.N#CCC(O)c1cccc(Br)c1.NCCC(O)c1cccc(/C=C/C2CCCCC2O)c1.NCCC(O)c1cccc(Br)c1.O=C(CCCC(O)c1cccc(/C=C/C2CCCCC2O)c1)C(F)(F)F.O=C(CCCC(O)c1cccc(Br)c1)C(F)(F)F.O=CO[O-].[H-].[K+].[K+]. The Morgan fingerprint density at radius 1 is 0.533 bits per heavy atom. The summed E-state index contributed by atoms with van der Waals surface area (Å²) in [6.45, 7) is 7.54. The summed E-state index contributed by atoms with van der Waals surface area (Å²) < 4.78 is 117. The predicted octanol–water partition coefficient (Wildman–Crippen LogP) is 13.3. The summed E-state index contributed by atoms with van der Waals surface area (Å²) in [6, 6.07) is 38.8. The van der Waals surface area contributed by atoms with Crippen LogP contribution in [0.5, 0.6) is 0 Å². The number of aliphatic hydroxyl groups excluding tert-OH is 8. The number of carbonyl (C=O) groups excluding carboxylic acids is 4. The first-order valence-electron chi connectivity index (χ1n) is 37.9. The van der Waals surface area contributed by atoms with Crippen LogP contribution < -0.4 is 119 Å². The quantitative estimate of drug-likeness (QED) is 0.00493. The molecule has 33 heteroatoms. The molecule has 0 aromatic heterocycles. The van der Waals surface area contributed by atoms with Gasteiger partial charge in [0, 0.05) is 57.2 Å². The maximum Gasteiger partial charge on any atom is 1.00 e. The maximum atomic E-state index is 12.2. The third-order valence-corrected chi connectivity index (χ3v) is 19.4. The molecule has 12 N–H and O–H groups in total. The van der Waals surface area contributed by atoms with Crippen molar-refractivity contribution in [2.24, 2.45) is 29.2 Å². The number of esters is 1. The van der Waals surface area contributed by atoms with Crippen molar-refractivity contribution in [1.29, 1.82) is 5.26 Å². The normalized spacial score (nSPS) is 18.3. The molecule has 4 aliphatic rings. The number of carbonyl (C=O) groups is 4. The fraction of sp³-hybridized carbons (Fsp3) is 0.529. The van der Waals surface area contributed by atoms with Crippen molar-refractivity contribution >= 4 is 83.9 Å². The topological polar surface area (TPSA) is 357 Å². The van der Waals surface area contributed by atoms with Gasteiger partial charge in [0.25, 0.3) is 6.47 Å². The Balaban J connectivity index is -0.000000318. The Morgan fingerprint density at radius 3 is 1.09 bits per heavy atom. The molecule has 5 aromatic carbocycles. The molecule has 19 nitrogen and oxygen atoms in total. The molecule has 11 unspecified atom stereocenters. The van der Waals surface area contributed by atoms with E-state index in [0.29, 0.717) is 43.0 Å². The van der Waals surface area contributed by atoms with Gasteiger partial charge in [0.05, 0.1) is 67.9 Å². The Labute approximate surface area is 814 Å². The van der Waals surface area contributed by atoms with Crippen LogP contribution in [0.1, 0.15) is 248 Å². The summed E-state index contributed by atoms with van der Waals surface area (Å²) in [5.74, 6) is -4.87. The molecular weight excluding hydrogens is 1830 g/mol. The molecule has 5 aromatic rings. The minimum atomic E-state index is -4.85. The number of rotatable bonds is 25. The van der Waals surface area contributed by atoms with E-state index in [1.54, 1.807) is 48.5 Å². The number of hydrogen-bond donors (Lipinski definition) is 10. The largest absolute Gasteiger partial charge is 1.00 e. The molecule has 11 atom stereocenters. The molecule has 1 saturated heterocycles. The molecule has 0 radical (unpaired) electrons. The second kappa shape index (κ2) is 72.7. The first kappa shape index (κ1) is 125. The van der Waals surface area contributed by atoms with Crippen LogP contribution in [0.3, 0.4) is 0 Å². The van der Waals surface area contributed by atoms with E-state index in [1.807, 2.05) is 97.1 Å². The molecule has 0 spiro atoms. The van der Waals surface area contributed by atoms with Gasteiger partial charge in [0.15, 0.2) is 0 Å². The van der Waals surface area contributed by atoms with Crippen molar-refractivity contribution in [3.05, 3.63) is 198 Å². The molecular formula is C87H123Br3F9K2N3O16. The molecule has 1 heterocycles. The van der Waals surface area contributed by atoms with Crippen LogP contribution >= 0.6 is 47.8 Å². The van der Waals surface area contributed by atoms with Crippen LogP contribution in [0.15, 0.2) is 160 Å². The Morgan fingerprint density at radius 2 is 0.842 bits per heavy atom. The standard InChI is InChI=1S/C20H25F3O3.C17H25NO2.C12H12BrF3O2.C9H12BrNO.C9H8BrNO.C8H14O.C4H5F3O2.C4H8O.CH2O3.3CH4.2K.H/c21-20(22,23)19(26)10-4-9-18(25)16-7-3-5-14(13-16)11-12-15-6-1-2-8-17(15)24;18-11-10-17(20)15-6-3-4-13(12-15)8-9-14-5-1-2-7-16(14)19;13-9-4-1-3-8(7-9)10(17)5-2-6-11(18)12(14,15)16;2*10-8-3-1-2-7(6-8)9(12)4-5-11;1-2-7-5-3-4-6-8(7)9;1-2-9-3(8)4(5,6)7;1-2-4-5-3-1;2-1-4-3;;;;;;/h3,5,7,11-13,15,17-18,24-25H,1-2,4,6,8-10H2;3-4,6,8-9,12,14,16-17,19-20H,1-2,5,7,10-11,18H2;1,3-4,7,10,17H,2,5-6H2;1-3,6,9,12H,4-5,11H2;1-3,6,9,12H,4H2;2,7-9H,1,3-6H2;2H2,1H3;1-4H2;1,3H;3*1H4;;;/q;;;;;;;;;;;;2*+1;-1/p-1/b12-11+;9-8+;;;;;;;;;;;;;. The van der Waals surface area contributed by atoms with E-state index < -0.39 is 79.4 Å². The van der Waals surface area contributed by atoms with Gasteiger partial charge in [-0.05, 0) is 197 Å². The van der Waals surface area contributed by atoms with Gasteiger partial charge in [-0.1, -0.05) is 212 Å². The molecule has 0 bridgehead atoms. The van der Waals surface area contributed by atoms with E-state index in [2.05, 4.69) is 76.1 Å². The summed E-state index contributed by atoms with van der Waals surface area (Å²) >= 11 is 9.86. The van der Waals surface area contributed by atoms with Crippen molar-refractivity contribution in [2.75, 3.05) is 32.9 Å². The average molecular weight is 1960 g/mol. The number of hydrogen-bond acceptors (Lipinski definition) is 19. The van der Waals surface area contributed by atoms with E-state index in [0.717, 1.165) is 112 Å². The van der Waals surface area contributed by atoms with E-state index in [1.165, 1.54) is 39.0 Å². The van der Waals surface area contributed by atoms with E-state index in [9.17, 15) is 94.7 Å². The van der Waals surface area contributed by atoms with Crippen molar-refractivity contribution in [2.45, 2.75) is 244 Å². The number of alkyl halides is 9. The number of nitrogens with zero attached hydrogens (tertiary/aromatic N) is 1. The van der Waals surface area contributed by atoms with Gasteiger partial charge in [0.2, 0.25) is 11.6 Å². The first-order chi connectivity index (χ1) is 54.5. The molecule has 4 fully saturated rings. The van der Waals surface area contributed by atoms with Crippen LogP contribution in [-0.2, 0) is 33.5 Å². The van der Waals surface area contributed by atoms with E-state index in [4.69, 9.17) is 31.5 Å². The summed E-state index contributed by atoms with van der Waals surface area (Å²) in [5, 5.41) is 94.8. The van der Waals surface area contributed by atoms with E-state index in [-0.39, 0.29) is 202 Å². The average Bonchev–Trinajstić information content (AvgIpc) is 1.51. The smallest absolute Gasteiger partial charge is 1.00 e. The summed E-state index contributed by atoms with van der Waals surface area (Å²) in [4.78, 5) is 42.5. The number of halogens is 12. The van der Waals surface area contributed by atoms with E-state index >= 15 is 0 Å². The Bertz CT molecular complexity index is 3640. The van der Waals surface area contributed by atoms with Gasteiger partial charge in [-0.2, -0.15) is 44.8 Å². The number of ketones is 2. The number of nitrogens with two attached hydrogens (primary N) is 2. The minimum absolute atomic E-state index is 0. The molecule has 9 rings (SSSR count). The molecule has 120 heavy (non-hydrogen) atoms. The van der Waals surface area contributed by atoms with Crippen LogP contribution in [0.2, 0.25) is 0 Å². The second-order valence-corrected chi connectivity index (χ2v) is 29.7. The molecule has 3 aliphatic carbocycles. The fourth-order valence-electron chi connectivity index (χ4n) is 11.6. The fourth-order valence-corrected chi connectivity index (χ4v) is 12.9. The van der Waals surface area contributed by atoms with Crippen LogP contribution in [0.25, 0.3) is 12.2 Å². The number of benzene rings is 5. The third-order valence-electron chi connectivity index (χ3n) is 17.9. The number of ether oxygens (including phenoxy) is 2. The van der Waals surface area contributed by atoms with Crippen LogP contribution in [0.4, 0.5) is 39.5 Å². The van der Waals surface area contributed by atoms with Crippen molar-refractivity contribution in [3.63, 3.8) is 0 Å². The number of Topliss-reactive ketones (excluding diaryl/α,β-unsaturated/α-hetero) is 2. The van der Waals surface area contributed by atoms with Crippen LogP contribution in [-0.4, -0.2) is 135 Å². The third kappa shape index (κ3) is 58.1. The number of nitriles is 1. The summed E-state index contributed by atoms with van der Waals surface area (Å²) in [5.41, 5.74) is 16.5. The first-order valence-corrected chi connectivity index (χ1v) is 40.3. The zero-order valence-electron chi connectivity index (χ0n) is 67.3. The van der Waals surface area contributed by atoms with Crippen molar-refractivity contribution in [3.8, 4) is 6.07 Å². The summed E-state index contributed by atoms with van der Waals surface area (Å²) in [6.07, 6.45) is 7.12. The Kier molecular flexibility index (Phi) is 75.8. The Hall–Kier alpha value is -3.31. The van der Waals surface area contributed by atoms with Crippen molar-refractivity contribution < 1.29 is 223 Å². The summed E-state index contributed by atoms with van der Waals surface area (Å²) in [7, 11) is 0. The van der Waals surface area contributed by atoms with Gasteiger partial charge in [-0.25, -0.2) is 4.79 Å². The van der Waals surface area contributed by atoms with Gasteiger partial charge in [-0.3, -0.25) is 14.4 Å². The molecule has 1 aliphatic heterocycles. The zero-order valence-corrected chi connectivity index (χ0v) is 77.4.